The van der Waals surface area contributed by atoms with Crippen molar-refractivity contribution in [2.75, 3.05) is 18.5 Å². The fourth-order valence-electron chi connectivity index (χ4n) is 2.19. The van der Waals surface area contributed by atoms with Crippen LogP contribution in [-0.4, -0.2) is 31.1 Å². The molecule has 0 unspecified atom stereocenters. The van der Waals surface area contributed by atoms with Gasteiger partial charge in [-0.3, -0.25) is 4.79 Å². The average Bonchev–Trinajstić information content (AvgIpc) is 2.86. The van der Waals surface area contributed by atoms with E-state index in [1.807, 2.05) is 6.92 Å². The largest absolute Gasteiger partial charge is 0.462 e. The monoisotopic (exact) mass is 413 g/mol. The standard InChI is InChI=1S/C18H17ClFNO5S/c1-4-25-18(24)15-9(2)10(3)27-16(15)21-14(22)8-26-17(23)12-6-5-11(19)7-13(12)20/h5-7H,4,8H2,1-3H3,(H,21,22). The van der Waals surface area contributed by atoms with Crippen LogP contribution in [0.15, 0.2) is 18.2 Å². The van der Waals surface area contributed by atoms with Crippen molar-refractivity contribution in [2.24, 2.45) is 0 Å². The van der Waals surface area contributed by atoms with E-state index in [9.17, 15) is 18.8 Å². The molecule has 1 heterocycles. The van der Waals surface area contributed by atoms with Crippen LogP contribution < -0.4 is 5.32 Å². The summed E-state index contributed by atoms with van der Waals surface area (Å²) in [5.74, 6) is -3.05. The Morgan fingerprint density at radius 2 is 1.89 bits per heavy atom. The molecule has 0 saturated heterocycles. The minimum absolute atomic E-state index is 0.136. The number of esters is 2. The van der Waals surface area contributed by atoms with Crippen LogP contribution in [0.1, 0.15) is 38.1 Å². The van der Waals surface area contributed by atoms with Crippen LogP contribution in [0.25, 0.3) is 0 Å². The van der Waals surface area contributed by atoms with E-state index in [1.165, 1.54) is 23.5 Å². The Bertz CT molecular complexity index is 896. The van der Waals surface area contributed by atoms with Gasteiger partial charge in [-0.2, -0.15) is 0 Å². The smallest absolute Gasteiger partial charge is 0.341 e. The Labute approximate surface area is 164 Å². The molecule has 144 valence electrons. The number of hydrogen-bond acceptors (Lipinski definition) is 6. The fourth-order valence-corrected chi connectivity index (χ4v) is 3.41. The molecule has 0 aliphatic carbocycles. The van der Waals surface area contributed by atoms with Crippen LogP contribution in [0.3, 0.4) is 0 Å². The molecule has 0 bridgehead atoms. The molecule has 2 aromatic rings. The van der Waals surface area contributed by atoms with Gasteiger partial charge in [0.1, 0.15) is 10.8 Å². The molecule has 0 radical (unpaired) electrons. The predicted octanol–water partition coefficient (Wildman–Crippen LogP) is 4.13. The SMILES string of the molecule is CCOC(=O)c1c(NC(=O)COC(=O)c2ccc(Cl)cc2F)sc(C)c1C. The van der Waals surface area contributed by atoms with Crippen molar-refractivity contribution in [1.29, 1.82) is 0 Å². The molecule has 9 heteroatoms. The number of aryl methyl sites for hydroxylation is 1. The zero-order chi connectivity index (χ0) is 20.1. The normalized spacial score (nSPS) is 10.4. The number of benzene rings is 1. The molecule has 1 amide bonds. The Balaban J connectivity index is 2.05. The van der Waals surface area contributed by atoms with Crippen LogP contribution in [0.2, 0.25) is 5.02 Å². The molecule has 6 nitrogen and oxygen atoms in total. The lowest BCUT2D eigenvalue weighted by Crippen LogP contribution is -2.22. The van der Waals surface area contributed by atoms with Crippen molar-refractivity contribution < 1.29 is 28.2 Å². The highest BCUT2D eigenvalue weighted by molar-refractivity contribution is 7.16. The lowest BCUT2D eigenvalue weighted by atomic mass is 10.1. The van der Waals surface area contributed by atoms with Crippen LogP contribution in [0, 0.1) is 19.7 Å². The van der Waals surface area contributed by atoms with Crippen LogP contribution in [-0.2, 0) is 14.3 Å². The first-order valence-corrected chi connectivity index (χ1v) is 9.13. The molecule has 0 saturated carbocycles. The van der Waals surface area contributed by atoms with Gasteiger partial charge in [-0.1, -0.05) is 11.6 Å². The molecule has 0 atom stereocenters. The number of carbonyl (C=O) groups is 3. The van der Waals surface area contributed by atoms with Gasteiger partial charge >= 0.3 is 11.9 Å². The van der Waals surface area contributed by atoms with Crippen LogP contribution >= 0.6 is 22.9 Å². The molecule has 1 aromatic heterocycles. The molecule has 0 fully saturated rings. The van der Waals surface area contributed by atoms with Gasteiger partial charge in [-0.25, -0.2) is 14.0 Å². The van der Waals surface area contributed by atoms with Crippen molar-refractivity contribution >= 4 is 45.8 Å². The molecule has 2 rings (SSSR count). The Kier molecular flexibility index (Phi) is 6.92. The molecular formula is C18H17ClFNO5S. The van der Waals surface area contributed by atoms with E-state index in [1.54, 1.807) is 13.8 Å². The van der Waals surface area contributed by atoms with Crippen molar-refractivity contribution in [1.82, 2.24) is 0 Å². The van der Waals surface area contributed by atoms with Crippen LogP contribution in [0.4, 0.5) is 9.39 Å². The van der Waals surface area contributed by atoms with E-state index < -0.39 is 30.3 Å². The summed E-state index contributed by atoms with van der Waals surface area (Å²) in [6, 6.07) is 3.48. The number of anilines is 1. The molecule has 1 N–H and O–H groups in total. The first-order chi connectivity index (χ1) is 12.7. The summed E-state index contributed by atoms with van der Waals surface area (Å²) in [6.07, 6.45) is 0. The minimum Gasteiger partial charge on any atom is -0.462 e. The second kappa shape index (κ2) is 8.96. The summed E-state index contributed by atoms with van der Waals surface area (Å²) in [5.41, 5.74) is 0.638. The van der Waals surface area contributed by atoms with Crippen molar-refractivity contribution in [3.8, 4) is 0 Å². The fraction of sp³-hybridized carbons (Fsp3) is 0.278. The maximum Gasteiger partial charge on any atom is 0.341 e. The highest BCUT2D eigenvalue weighted by Gasteiger charge is 2.22. The van der Waals surface area contributed by atoms with Crippen molar-refractivity contribution in [2.45, 2.75) is 20.8 Å². The maximum absolute atomic E-state index is 13.7. The quantitative estimate of drug-likeness (QED) is 0.720. The molecule has 27 heavy (non-hydrogen) atoms. The summed E-state index contributed by atoms with van der Waals surface area (Å²) < 4.78 is 23.5. The van der Waals surface area contributed by atoms with Crippen LogP contribution in [0.5, 0.6) is 0 Å². The lowest BCUT2D eigenvalue weighted by molar-refractivity contribution is -0.119. The molecule has 0 spiro atoms. The topological polar surface area (TPSA) is 81.7 Å². The molecule has 0 aliphatic rings. The first-order valence-electron chi connectivity index (χ1n) is 7.93. The third-order valence-corrected chi connectivity index (χ3v) is 4.96. The number of ether oxygens (including phenoxy) is 2. The Morgan fingerprint density at radius 1 is 1.19 bits per heavy atom. The van der Waals surface area contributed by atoms with Gasteiger partial charge < -0.3 is 14.8 Å². The minimum atomic E-state index is -0.997. The van der Waals surface area contributed by atoms with E-state index in [-0.39, 0.29) is 22.8 Å². The summed E-state index contributed by atoms with van der Waals surface area (Å²) in [5, 5.41) is 2.97. The van der Waals surface area contributed by atoms with E-state index >= 15 is 0 Å². The molecule has 1 aromatic carbocycles. The van der Waals surface area contributed by atoms with E-state index in [0.717, 1.165) is 10.9 Å². The van der Waals surface area contributed by atoms with Crippen molar-refractivity contribution in [3.63, 3.8) is 0 Å². The van der Waals surface area contributed by atoms with Gasteiger partial charge in [-0.15, -0.1) is 11.3 Å². The zero-order valence-electron chi connectivity index (χ0n) is 14.9. The summed E-state index contributed by atoms with van der Waals surface area (Å²) in [6.45, 7) is 4.79. The Hall–Kier alpha value is -2.45. The lowest BCUT2D eigenvalue weighted by Gasteiger charge is -2.08. The number of thiophene rings is 1. The summed E-state index contributed by atoms with van der Waals surface area (Å²) >= 11 is 6.83. The number of hydrogen-bond donors (Lipinski definition) is 1. The second-order valence-electron chi connectivity index (χ2n) is 5.46. The van der Waals surface area contributed by atoms with Gasteiger partial charge in [0.2, 0.25) is 0 Å². The number of carbonyl (C=O) groups excluding carboxylic acids is 3. The van der Waals surface area contributed by atoms with Gasteiger partial charge in [-0.05, 0) is 44.5 Å². The third-order valence-electron chi connectivity index (χ3n) is 3.60. The number of rotatable bonds is 6. The highest BCUT2D eigenvalue weighted by atomic mass is 35.5. The summed E-state index contributed by atoms with van der Waals surface area (Å²) in [4.78, 5) is 36.9. The third kappa shape index (κ3) is 5.05. The number of halogens is 2. The Morgan fingerprint density at radius 3 is 2.52 bits per heavy atom. The highest BCUT2D eigenvalue weighted by Crippen LogP contribution is 2.33. The molecular weight excluding hydrogens is 397 g/mol. The van der Waals surface area contributed by atoms with Gasteiger partial charge in [0.25, 0.3) is 5.91 Å². The zero-order valence-corrected chi connectivity index (χ0v) is 16.4. The summed E-state index contributed by atoms with van der Waals surface area (Å²) in [7, 11) is 0. The maximum atomic E-state index is 13.7. The van der Waals surface area contributed by atoms with E-state index in [0.29, 0.717) is 10.6 Å². The average molecular weight is 414 g/mol. The van der Waals surface area contributed by atoms with Crippen molar-refractivity contribution in [3.05, 3.63) is 50.6 Å². The van der Waals surface area contributed by atoms with Gasteiger partial charge in [0.15, 0.2) is 6.61 Å². The number of amides is 1. The first kappa shape index (κ1) is 20.9. The van der Waals surface area contributed by atoms with Gasteiger partial charge in [0, 0.05) is 9.90 Å². The number of nitrogens with one attached hydrogen (secondary N) is 1. The second-order valence-corrected chi connectivity index (χ2v) is 7.12. The van der Waals surface area contributed by atoms with Gasteiger partial charge in [0.05, 0.1) is 17.7 Å². The predicted molar refractivity (Wildman–Crippen MR) is 100 cm³/mol. The molecule has 0 aliphatic heterocycles. The van der Waals surface area contributed by atoms with E-state index in [2.05, 4.69) is 5.32 Å². The van der Waals surface area contributed by atoms with E-state index in [4.69, 9.17) is 21.1 Å².